The molecule has 0 unspecified atom stereocenters. The normalized spacial score (nSPS) is 11.3. The number of nitrogens with zero attached hydrogens (tertiary/aromatic N) is 2. The van der Waals surface area contributed by atoms with E-state index in [1.807, 2.05) is 48.5 Å². The number of imidazole rings is 1. The van der Waals surface area contributed by atoms with Gasteiger partial charge in [-0.05, 0) is 74.8 Å². The average Bonchev–Trinajstić information content (AvgIpc) is 3.99. The number of fused-ring (bicyclic) bond motifs is 4. The van der Waals surface area contributed by atoms with Crippen LogP contribution in [0.4, 0.5) is 4.39 Å². The van der Waals surface area contributed by atoms with E-state index < -0.39 is 13.3 Å². The Labute approximate surface area is 429 Å². The van der Waals surface area contributed by atoms with E-state index in [0.29, 0.717) is 0 Å². The Morgan fingerprint density at radius 2 is 1.10 bits per heavy atom. The monoisotopic (exact) mass is 1160 g/mol. The number of aromatic nitrogens is 2. The minimum Gasteiger partial charge on any atom is 3.00 e. The minimum atomic E-state index is -1.95. The molecule has 0 aliphatic heterocycles. The van der Waals surface area contributed by atoms with E-state index >= 15 is 0 Å². The molecule has 0 atom stereocenters. The van der Waals surface area contributed by atoms with Crippen molar-refractivity contribution < 1.29 is 24.5 Å². The number of para-hydroxylation sites is 2. The second kappa shape index (κ2) is 20.2. The fourth-order valence-electron chi connectivity index (χ4n) is 9.23. The second-order valence-corrected chi connectivity index (χ2v) is 29.8. The van der Waals surface area contributed by atoms with Gasteiger partial charge < -0.3 is 4.57 Å². The van der Waals surface area contributed by atoms with Crippen molar-refractivity contribution in [2.45, 2.75) is 17.3 Å². The molecule has 2 nitrogen and oxygen atoms in total. The SMILES string of the molecule is Fc1ccc(-c2c[c-]c(-c3nc4ccccc4n3-c3ccc(-c4ccccc4)cc3)c3sc4cc(-c5ccccc5)ccc4c23)cc1.[CH3][Ge]([CH3])([CH3])[c]1c[c-]c(-c2[c-]cccc2)cc1-c1ccccc1.[Ir+3]. The first-order chi connectivity index (χ1) is 33.8. The van der Waals surface area contributed by atoms with E-state index in [-0.39, 0.29) is 25.9 Å². The predicted octanol–water partition coefficient (Wildman–Crippen LogP) is 17.2. The van der Waals surface area contributed by atoms with Crippen LogP contribution in [0.25, 0.3) is 104 Å². The second-order valence-electron chi connectivity index (χ2n) is 18.2. The van der Waals surface area contributed by atoms with Crippen LogP contribution in [-0.4, -0.2) is 22.8 Å². The molecule has 0 saturated heterocycles. The Balaban J connectivity index is 0.000000208. The van der Waals surface area contributed by atoms with E-state index in [9.17, 15) is 4.39 Å². The third-order valence-corrected chi connectivity index (χ3v) is 18.1. The number of thiophene rings is 1. The van der Waals surface area contributed by atoms with Crippen molar-refractivity contribution in [1.82, 2.24) is 9.55 Å². The topological polar surface area (TPSA) is 17.8 Å². The van der Waals surface area contributed by atoms with Crippen LogP contribution in [-0.2, 0) is 20.1 Å². The fraction of sp³-hybridized carbons (Fsp3) is 0.0469. The summed E-state index contributed by atoms with van der Waals surface area (Å²) < 4.78 is 20.0. The molecule has 0 bridgehead atoms. The van der Waals surface area contributed by atoms with Crippen molar-refractivity contribution in [1.29, 1.82) is 0 Å². The predicted molar refractivity (Wildman–Crippen MR) is 292 cm³/mol. The zero-order chi connectivity index (χ0) is 46.9. The molecule has 2 aromatic heterocycles. The van der Waals surface area contributed by atoms with Gasteiger partial charge in [-0.3, -0.25) is 4.98 Å². The minimum absolute atomic E-state index is 0. The zero-order valence-electron chi connectivity index (χ0n) is 38.9. The van der Waals surface area contributed by atoms with E-state index in [0.717, 1.165) is 71.4 Å². The Kier molecular flexibility index (Phi) is 13.5. The molecule has 12 rings (SSSR count). The smallest absolute Gasteiger partial charge is 3.00 e. The van der Waals surface area contributed by atoms with Gasteiger partial charge in [0.05, 0.1) is 16.9 Å². The van der Waals surface area contributed by atoms with Crippen molar-refractivity contribution in [3.05, 3.63) is 248 Å². The molecule has 0 fully saturated rings. The molecular formula is C64H46FGeIrN2S. The molecule has 0 N–H and O–H groups in total. The first kappa shape index (κ1) is 46.7. The molecule has 338 valence electrons. The summed E-state index contributed by atoms with van der Waals surface area (Å²) in [5.74, 6) is 7.89. The van der Waals surface area contributed by atoms with Gasteiger partial charge in [-0.25, -0.2) is 4.39 Å². The standard InChI is InChI=1S/C43H26FN2S.C21H20Ge.Ir/c44-33-20-15-31(16-21-33)35-25-26-37(42-41(35)36-24-19-32(27-40(36)47-42)29-11-5-2-6-12-29)43-45-38-13-7-8-14-39(38)46(43)34-22-17-30(18-23-34)28-9-3-1-4-10-28;1-22(2,3)21-15-14-19(17-10-6-4-7-11-17)16-20(21)18-12-8-5-9-13-18;/h1-25,27H;4-10,12-13,15-16H,1-3H3;/q-1;-2;+3. The number of hydrogen-bond acceptors (Lipinski definition) is 2. The van der Waals surface area contributed by atoms with E-state index in [1.165, 1.54) is 49.0 Å². The first-order valence-electron chi connectivity index (χ1n) is 23.2. The van der Waals surface area contributed by atoms with Crippen molar-refractivity contribution in [2.24, 2.45) is 0 Å². The molecule has 6 heteroatoms. The summed E-state index contributed by atoms with van der Waals surface area (Å²) >= 11 is -0.196. The van der Waals surface area contributed by atoms with Gasteiger partial charge in [0.1, 0.15) is 5.82 Å². The van der Waals surface area contributed by atoms with Crippen molar-refractivity contribution >= 4 is 60.2 Å². The van der Waals surface area contributed by atoms with E-state index in [2.05, 4.69) is 204 Å². The molecule has 12 aromatic rings. The van der Waals surface area contributed by atoms with Gasteiger partial charge >= 0.3 is 156 Å². The molecule has 10 aromatic carbocycles. The van der Waals surface area contributed by atoms with Crippen molar-refractivity contribution in [3.63, 3.8) is 0 Å². The maximum atomic E-state index is 14.0. The maximum Gasteiger partial charge on any atom is 3.00 e. The molecular weight excluding hydrogens is 1110 g/mol. The molecule has 0 radical (unpaired) electrons. The van der Waals surface area contributed by atoms with Gasteiger partial charge in [-0.15, -0.1) is 12.1 Å². The van der Waals surface area contributed by atoms with Crippen LogP contribution in [0, 0.1) is 24.0 Å². The molecule has 0 spiro atoms. The van der Waals surface area contributed by atoms with Crippen LogP contribution in [0.3, 0.4) is 0 Å². The van der Waals surface area contributed by atoms with Gasteiger partial charge in [-0.2, -0.15) is 11.3 Å². The van der Waals surface area contributed by atoms with Crippen molar-refractivity contribution in [2.75, 3.05) is 0 Å². The van der Waals surface area contributed by atoms with Crippen LogP contribution >= 0.6 is 11.3 Å². The summed E-state index contributed by atoms with van der Waals surface area (Å²) in [6.07, 6.45) is 0. The zero-order valence-corrected chi connectivity index (χ0v) is 44.2. The van der Waals surface area contributed by atoms with Gasteiger partial charge in [0.2, 0.25) is 0 Å². The van der Waals surface area contributed by atoms with Gasteiger partial charge in [0.15, 0.2) is 0 Å². The quantitative estimate of drug-likeness (QED) is 0.110. The number of benzene rings is 10. The Morgan fingerprint density at radius 3 is 1.77 bits per heavy atom. The summed E-state index contributed by atoms with van der Waals surface area (Å²) in [7, 11) is 0. The maximum absolute atomic E-state index is 14.0. The van der Waals surface area contributed by atoms with Crippen LogP contribution in [0.2, 0.25) is 17.3 Å². The number of hydrogen-bond donors (Lipinski definition) is 0. The van der Waals surface area contributed by atoms with E-state index in [4.69, 9.17) is 4.98 Å². The summed E-state index contributed by atoms with van der Waals surface area (Å²) in [5.41, 5.74) is 15.5. The molecule has 0 aliphatic carbocycles. The van der Waals surface area contributed by atoms with Gasteiger partial charge in [0, 0.05) is 10.4 Å². The third kappa shape index (κ3) is 9.39. The van der Waals surface area contributed by atoms with Gasteiger partial charge in [-0.1, -0.05) is 131 Å². The van der Waals surface area contributed by atoms with Crippen molar-refractivity contribution in [3.8, 4) is 72.7 Å². The Bertz CT molecular complexity index is 3730. The largest absolute Gasteiger partial charge is 3.00 e. The van der Waals surface area contributed by atoms with Crippen LogP contribution < -0.4 is 4.40 Å². The summed E-state index contributed by atoms with van der Waals surface area (Å²) in [6.45, 7) is 0. The molecule has 0 aliphatic rings. The van der Waals surface area contributed by atoms with Crippen LogP contribution in [0.1, 0.15) is 0 Å². The molecule has 70 heavy (non-hydrogen) atoms. The number of rotatable bonds is 8. The molecule has 0 amide bonds. The Hall–Kier alpha value is -6.99. The summed E-state index contributed by atoms with van der Waals surface area (Å²) in [5, 5.41) is 2.29. The summed E-state index contributed by atoms with van der Waals surface area (Å²) in [6, 6.07) is 87.1. The third-order valence-electron chi connectivity index (χ3n) is 12.7. The average molecular weight is 1160 g/mol. The van der Waals surface area contributed by atoms with Crippen LogP contribution in [0.5, 0.6) is 0 Å². The summed E-state index contributed by atoms with van der Waals surface area (Å²) in [4.78, 5) is 5.23. The number of halogens is 1. The molecule has 0 saturated carbocycles. The fourth-order valence-corrected chi connectivity index (χ4v) is 13.7. The van der Waals surface area contributed by atoms with E-state index in [1.54, 1.807) is 11.3 Å². The molecule has 2 heterocycles. The van der Waals surface area contributed by atoms with Gasteiger partial charge in [0.25, 0.3) is 0 Å². The first-order valence-corrected chi connectivity index (χ1v) is 31.4. The van der Waals surface area contributed by atoms with Crippen LogP contribution in [0.15, 0.2) is 224 Å². The Morgan fingerprint density at radius 1 is 0.514 bits per heavy atom.